The van der Waals surface area contributed by atoms with Gasteiger partial charge in [0.2, 0.25) is 11.8 Å². The third-order valence-corrected chi connectivity index (χ3v) is 5.50. The maximum atomic E-state index is 12.8. The SMILES string of the molecule is CCN(C(=O)CC(=O)Nc1ccc(F)cc1)C1CCS(=O)(=O)C1. The first-order valence-corrected chi connectivity index (χ1v) is 9.18. The lowest BCUT2D eigenvalue weighted by Crippen LogP contribution is -2.42. The molecular weight excluding hydrogens is 323 g/mol. The second kappa shape index (κ2) is 7.08. The average Bonchev–Trinajstić information content (AvgIpc) is 2.82. The molecule has 23 heavy (non-hydrogen) atoms. The van der Waals surface area contributed by atoms with Gasteiger partial charge in [-0.1, -0.05) is 0 Å². The number of anilines is 1. The molecule has 0 radical (unpaired) electrons. The lowest BCUT2D eigenvalue weighted by Gasteiger charge is -2.26. The second-order valence-electron chi connectivity index (χ2n) is 5.47. The fourth-order valence-corrected chi connectivity index (χ4v) is 4.37. The molecule has 1 aromatic carbocycles. The van der Waals surface area contributed by atoms with Crippen LogP contribution in [0, 0.1) is 5.82 Å². The van der Waals surface area contributed by atoms with Gasteiger partial charge in [0.1, 0.15) is 12.2 Å². The Hall–Kier alpha value is -1.96. The average molecular weight is 342 g/mol. The van der Waals surface area contributed by atoms with Crippen molar-refractivity contribution in [1.29, 1.82) is 0 Å². The Bertz CT molecular complexity index is 688. The van der Waals surface area contributed by atoms with Gasteiger partial charge in [-0.25, -0.2) is 12.8 Å². The fraction of sp³-hybridized carbons (Fsp3) is 0.467. The summed E-state index contributed by atoms with van der Waals surface area (Å²) in [7, 11) is -3.10. The topological polar surface area (TPSA) is 83.6 Å². The van der Waals surface area contributed by atoms with Gasteiger partial charge < -0.3 is 10.2 Å². The molecule has 0 saturated carbocycles. The number of benzene rings is 1. The fourth-order valence-electron chi connectivity index (χ4n) is 2.64. The van der Waals surface area contributed by atoms with Crippen molar-refractivity contribution in [2.45, 2.75) is 25.8 Å². The number of amides is 2. The molecule has 1 aromatic rings. The van der Waals surface area contributed by atoms with Crippen LogP contribution < -0.4 is 5.32 Å². The van der Waals surface area contributed by atoms with Crippen molar-refractivity contribution in [2.24, 2.45) is 0 Å². The molecule has 8 heteroatoms. The van der Waals surface area contributed by atoms with E-state index in [1.165, 1.54) is 29.2 Å². The Kier molecular flexibility index (Phi) is 5.35. The maximum absolute atomic E-state index is 12.8. The quantitative estimate of drug-likeness (QED) is 0.815. The summed E-state index contributed by atoms with van der Waals surface area (Å²) in [4.78, 5) is 25.6. The highest BCUT2D eigenvalue weighted by Crippen LogP contribution is 2.18. The summed E-state index contributed by atoms with van der Waals surface area (Å²) in [5.41, 5.74) is 0.399. The van der Waals surface area contributed by atoms with Gasteiger partial charge in [-0.05, 0) is 37.6 Å². The Morgan fingerprint density at radius 2 is 1.96 bits per heavy atom. The summed E-state index contributed by atoms with van der Waals surface area (Å²) in [6, 6.07) is 4.85. The molecule has 1 aliphatic rings. The van der Waals surface area contributed by atoms with E-state index in [1.807, 2.05) is 0 Å². The van der Waals surface area contributed by atoms with Crippen LogP contribution in [0.5, 0.6) is 0 Å². The minimum absolute atomic E-state index is 0.0494. The van der Waals surface area contributed by atoms with Crippen molar-refractivity contribution < 1.29 is 22.4 Å². The Morgan fingerprint density at radius 3 is 2.48 bits per heavy atom. The van der Waals surface area contributed by atoms with Crippen molar-refractivity contribution in [2.75, 3.05) is 23.4 Å². The summed E-state index contributed by atoms with van der Waals surface area (Å²) in [5.74, 6) is -1.32. The third-order valence-electron chi connectivity index (χ3n) is 3.75. The van der Waals surface area contributed by atoms with E-state index in [0.717, 1.165) is 0 Å². The van der Waals surface area contributed by atoms with Crippen LogP contribution in [-0.2, 0) is 19.4 Å². The van der Waals surface area contributed by atoms with Gasteiger partial charge in [0.05, 0.1) is 11.5 Å². The van der Waals surface area contributed by atoms with Crippen molar-refractivity contribution in [3.05, 3.63) is 30.1 Å². The first kappa shape index (κ1) is 17.4. The molecule has 0 bridgehead atoms. The van der Waals surface area contributed by atoms with Crippen LogP contribution >= 0.6 is 0 Å². The molecule has 1 heterocycles. The minimum atomic E-state index is -3.10. The molecule has 1 aliphatic heterocycles. The van der Waals surface area contributed by atoms with E-state index < -0.39 is 27.5 Å². The van der Waals surface area contributed by atoms with Gasteiger partial charge in [-0.2, -0.15) is 0 Å². The van der Waals surface area contributed by atoms with Crippen LogP contribution in [0.4, 0.5) is 10.1 Å². The van der Waals surface area contributed by atoms with Gasteiger partial charge in [0.15, 0.2) is 9.84 Å². The summed E-state index contributed by atoms with van der Waals surface area (Å²) in [6.45, 7) is 2.10. The third kappa shape index (κ3) is 4.75. The largest absolute Gasteiger partial charge is 0.338 e. The van der Waals surface area contributed by atoms with E-state index in [-0.39, 0.29) is 24.0 Å². The summed E-state index contributed by atoms with van der Waals surface area (Å²) in [6.07, 6.45) is 0.0310. The zero-order valence-corrected chi connectivity index (χ0v) is 13.6. The van der Waals surface area contributed by atoms with E-state index in [4.69, 9.17) is 0 Å². The van der Waals surface area contributed by atoms with E-state index in [1.54, 1.807) is 6.92 Å². The molecule has 0 aromatic heterocycles. The van der Waals surface area contributed by atoms with Crippen molar-refractivity contribution >= 4 is 27.3 Å². The molecule has 1 saturated heterocycles. The molecule has 126 valence electrons. The van der Waals surface area contributed by atoms with Gasteiger partial charge >= 0.3 is 0 Å². The van der Waals surface area contributed by atoms with Gasteiger partial charge in [-0.3, -0.25) is 9.59 Å². The summed E-state index contributed by atoms with van der Waals surface area (Å²) < 4.78 is 35.9. The molecule has 1 atom stereocenters. The molecule has 0 spiro atoms. The van der Waals surface area contributed by atoms with E-state index in [9.17, 15) is 22.4 Å². The smallest absolute Gasteiger partial charge is 0.233 e. The molecular formula is C15H19FN2O4S. The zero-order valence-electron chi connectivity index (χ0n) is 12.8. The molecule has 1 unspecified atom stereocenters. The van der Waals surface area contributed by atoms with Crippen molar-refractivity contribution in [3.63, 3.8) is 0 Å². The van der Waals surface area contributed by atoms with Crippen LogP contribution in [0.15, 0.2) is 24.3 Å². The van der Waals surface area contributed by atoms with Crippen LogP contribution in [0.25, 0.3) is 0 Å². The molecule has 1 fully saturated rings. The molecule has 1 N–H and O–H groups in total. The first-order valence-electron chi connectivity index (χ1n) is 7.36. The van der Waals surface area contributed by atoms with E-state index >= 15 is 0 Å². The highest BCUT2D eigenvalue weighted by Gasteiger charge is 2.34. The Morgan fingerprint density at radius 1 is 1.30 bits per heavy atom. The minimum Gasteiger partial charge on any atom is -0.338 e. The number of rotatable bonds is 5. The predicted molar refractivity (Wildman–Crippen MR) is 84.1 cm³/mol. The van der Waals surface area contributed by atoms with E-state index in [2.05, 4.69) is 5.32 Å². The molecule has 6 nitrogen and oxygen atoms in total. The number of carbonyl (C=O) groups is 2. The zero-order chi connectivity index (χ0) is 17.0. The number of halogens is 1. The van der Waals surface area contributed by atoms with Gasteiger partial charge in [0, 0.05) is 18.3 Å². The number of nitrogens with one attached hydrogen (secondary N) is 1. The first-order chi connectivity index (χ1) is 10.8. The van der Waals surface area contributed by atoms with Gasteiger partial charge in [-0.15, -0.1) is 0 Å². The number of nitrogens with zero attached hydrogens (tertiary/aromatic N) is 1. The van der Waals surface area contributed by atoms with Crippen molar-refractivity contribution in [3.8, 4) is 0 Å². The number of carbonyl (C=O) groups excluding carboxylic acids is 2. The molecule has 2 rings (SSSR count). The van der Waals surface area contributed by atoms with E-state index in [0.29, 0.717) is 18.7 Å². The molecule has 0 aliphatic carbocycles. The standard InChI is InChI=1S/C15H19FN2O4S/c1-2-18(13-7-8-23(21,22)10-13)15(20)9-14(19)17-12-5-3-11(16)4-6-12/h3-6,13H,2,7-10H2,1H3,(H,17,19). The Balaban J connectivity index is 1.93. The van der Waals surface area contributed by atoms with Crippen molar-refractivity contribution in [1.82, 2.24) is 4.90 Å². The van der Waals surface area contributed by atoms with Crippen LogP contribution in [-0.4, -0.2) is 49.2 Å². The second-order valence-corrected chi connectivity index (χ2v) is 7.70. The highest BCUT2D eigenvalue weighted by atomic mass is 32.2. The van der Waals surface area contributed by atoms with Gasteiger partial charge in [0.25, 0.3) is 0 Å². The van der Waals surface area contributed by atoms with Crippen LogP contribution in [0.3, 0.4) is 0 Å². The normalized spacial score (nSPS) is 19.3. The number of hydrogen-bond donors (Lipinski definition) is 1. The lowest BCUT2D eigenvalue weighted by molar-refractivity contribution is -0.135. The summed E-state index contributed by atoms with van der Waals surface area (Å²) >= 11 is 0. The van der Waals surface area contributed by atoms with Crippen LogP contribution in [0.2, 0.25) is 0 Å². The highest BCUT2D eigenvalue weighted by molar-refractivity contribution is 7.91. The predicted octanol–water partition coefficient (Wildman–Crippen LogP) is 1.19. The molecule has 2 amide bonds. The van der Waals surface area contributed by atoms with Crippen LogP contribution in [0.1, 0.15) is 19.8 Å². The summed E-state index contributed by atoms with van der Waals surface area (Å²) in [5, 5.41) is 2.51. The Labute approximate surface area is 134 Å². The maximum Gasteiger partial charge on any atom is 0.233 e. The monoisotopic (exact) mass is 342 g/mol. The number of hydrogen-bond acceptors (Lipinski definition) is 4. The lowest BCUT2D eigenvalue weighted by atomic mass is 10.2. The number of sulfone groups is 1.